The van der Waals surface area contributed by atoms with Crippen LogP contribution in [0.1, 0.15) is 12.8 Å². The quantitative estimate of drug-likeness (QED) is 0.415. The summed E-state index contributed by atoms with van der Waals surface area (Å²) in [5.41, 5.74) is 0. The van der Waals surface area contributed by atoms with E-state index in [1.54, 1.807) is 0 Å². The molecular formula is C7H13S. The summed E-state index contributed by atoms with van der Waals surface area (Å²) in [6.07, 6.45) is 8.53. The van der Waals surface area contributed by atoms with Crippen LogP contribution in [0.5, 0.6) is 0 Å². The van der Waals surface area contributed by atoms with Gasteiger partial charge >= 0.3 is 0 Å². The van der Waals surface area contributed by atoms with Gasteiger partial charge in [0.1, 0.15) is 0 Å². The molecule has 0 heterocycles. The van der Waals surface area contributed by atoms with Gasteiger partial charge in [-0.25, -0.2) is 0 Å². The third kappa shape index (κ3) is 6.09. The highest BCUT2D eigenvalue weighted by atomic mass is 32.2. The van der Waals surface area contributed by atoms with Crippen molar-refractivity contribution < 1.29 is 0 Å². The summed E-state index contributed by atoms with van der Waals surface area (Å²) in [6, 6.07) is 0. The van der Waals surface area contributed by atoms with Crippen molar-refractivity contribution in [3.8, 4) is 0 Å². The molecule has 0 aliphatic heterocycles. The van der Waals surface area contributed by atoms with Gasteiger partial charge in [-0.15, -0.1) is 0 Å². The number of hydrogen-bond donors (Lipinski definition) is 0. The lowest BCUT2D eigenvalue weighted by molar-refractivity contribution is 1.22. The molecule has 0 rings (SSSR count). The summed E-state index contributed by atoms with van der Waals surface area (Å²) in [7, 11) is 0. The van der Waals surface area contributed by atoms with E-state index >= 15 is 0 Å². The number of hydrogen-bond acceptors (Lipinski definition) is 1. The Balaban J connectivity index is 2.80. The van der Waals surface area contributed by atoms with Gasteiger partial charge in [0.15, 0.2) is 0 Å². The fourth-order valence-corrected chi connectivity index (χ4v) is 0.793. The second kappa shape index (κ2) is 7.09. The molecule has 0 N–H and O–H groups in total. The van der Waals surface area contributed by atoms with Crippen LogP contribution in [0.2, 0.25) is 0 Å². The summed E-state index contributed by atoms with van der Waals surface area (Å²) in [5, 5.41) is 0. The molecular weight excluding hydrogens is 116 g/mol. The highest BCUT2D eigenvalue weighted by molar-refractivity contribution is 7.98. The van der Waals surface area contributed by atoms with E-state index < -0.39 is 0 Å². The fraction of sp³-hybridized carbons (Fsp3) is 0.571. The van der Waals surface area contributed by atoms with Crippen molar-refractivity contribution in [2.45, 2.75) is 12.8 Å². The second-order valence-electron chi connectivity index (χ2n) is 1.54. The topological polar surface area (TPSA) is 0 Å². The van der Waals surface area contributed by atoms with Gasteiger partial charge in [-0.3, -0.25) is 0 Å². The van der Waals surface area contributed by atoms with Crippen molar-refractivity contribution in [1.29, 1.82) is 0 Å². The van der Waals surface area contributed by atoms with E-state index in [4.69, 9.17) is 0 Å². The van der Waals surface area contributed by atoms with E-state index in [-0.39, 0.29) is 0 Å². The maximum Gasteiger partial charge on any atom is -0.00357 e. The first-order valence-electron chi connectivity index (χ1n) is 2.85. The molecule has 0 fully saturated rings. The number of allylic oxidation sites excluding steroid dienone is 2. The average molecular weight is 129 g/mol. The molecule has 0 spiro atoms. The van der Waals surface area contributed by atoms with Crippen LogP contribution in [-0.2, 0) is 0 Å². The highest BCUT2D eigenvalue weighted by Crippen LogP contribution is 1.96. The van der Waals surface area contributed by atoms with Crippen molar-refractivity contribution in [1.82, 2.24) is 0 Å². The average Bonchev–Trinajstić information content (AvgIpc) is 1.81. The van der Waals surface area contributed by atoms with Crippen LogP contribution < -0.4 is 0 Å². The lowest BCUT2D eigenvalue weighted by atomic mass is 10.4. The van der Waals surface area contributed by atoms with Gasteiger partial charge in [0.2, 0.25) is 0 Å². The lowest BCUT2D eigenvalue weighted by Gasteiger charge is -1.85. The Morgan fingerprint density at radius 2 is 2.25 bits per heavy atom. The zero-order valence-electron chi connectivity index (χ0n) is 5.39. The van der Waals surface area contributed by atoms with Crippen LogP contribution >= 0.6 is 11.8 Å². The van der Waals surface area contributed by atoms with Gasteiger partial charge in [0.05, 0.1) is 0 Å². The first-order chi connectivity index (χ1) is 3.91. The fourth-order valence-electron chi connectivity index (χ4n) is 0.422. The van der Waals surface area contributed by atoms with Crippen LogP contribution in [0.3, 0.4) is 0 Å². The highest BCUT2D eigenvalue weighted by Gasteiger charge is 1.74. The van der Waals surface area contributed by atoms with E-state index in [0.717, 1.165) is 6.42 Å². The third-order valence-electron chi connectivity index (χ3n) is 0.822. The maximum absolute atomic E-state index is 3.69. The van der Waals surface area contributed by atoms with Crippen molar-refractivity contribution in [2.75, 3.05) is 12.0 Å². The number of rotatable bonds is 4. The molecule has 0 aromatic rings. The molecule has 8 heavy (non-hydrogen) atoms. The van der Waals surface area contributed by atoms with Crippen LogP contribution in [0.4, 0.5) is 0 Å². The van der Waals surface area contributed by atoms with Crippen molar-refractivity contribution in [2.24, 2.45) is 0 Å². The van der Waals surface area contributed by atoms with Gasteiger partial charge < -0.3 is 0 Å². The van der Waals surface area contributed by atoms with Crippen LogP contribution in [-0.4, -0.2) is 12.0 Å². The molecule has 0 aromatic heterocycles. The smallest absolute Gasteiger partial charge is 0.00357 e. The van der Waals surface area contributed by atoms with Gasteiger partial charge in [0.25, 0.3) is 0 Å². The Morgan fingerprint density at radius 1 is 1.50 bits per heavy atom. The van der Waals surface area contributed by atoms with Crippen molar-refractivity contribution in [3.05, 3.63) is 19.1 Å². The Hall–Kier alpha value is 0.0900. The van der Waals surface area contributed by atoms with Crippen molar-refractivity contribution in [3.63, 3.8) is 0 Å². The minimum atomic E-state index is 0.925. The molecule has 0 atom stereocenters. The molecule has 1 radical (unpaired) electrons. The second-order valence-corrected chi connectivity index (χ2v) is 2.53. The molecule has 0 saturated carbocycles. The molecule has 0 aromatic carbocycles. The maximum atomic E-state index is 3.69. The Bertz CT molecular complexity index is 57.4. The number of thioether (sulfide) groups is 1. The minimum absolute atomic E-state index is 0.925. The predicted molar refractivity (Wildman–Crippen MR) is 42.1 cm³/mol. The zero-order valence-corrected chi connectivity index (χ0v) is 6.21. The van der Waals surface area contributed by atoms with E-state index in [1.807, 2.05) is 11.8 Å². The van der Waals surface area contributed by atoms with E-state index in [1.165, 1.54) is 12.2 Å². The minimum Gasteiger partial charge on any atom is -0.165 e. The Morgan fingerprint density at radius 3 is 2.75 bits per heavy atom. The molecule has 0 saturated heterocycles. The normalized spacial score (nSPS) is 10.8. The molecule has 0 unspecified atom stereocenters. The molecule has 0 bridgehead atoms. The van der Waals surface area contributed by atoms with E-state index in [2.05, 4.69) is 25.3 Å². The first-order valence-corrected chi connectivity index (χ1v) is 4.24. The zero-order chi connectivity index (χ0) is 6.24. The Kier molecular flexibility index (Phi) is 7.17. The largest absolute Gasteiger partial charge is 0.165 e. The molecule has 1 heteroatoms. The molecule has 0 aliphatic carbocycles. The standard InChI is InChI=1S/C7H13S/c1-3-4-5-6-7-8-2/h4-5H,1,3,6-7H2,2H3. The van der Waals surface area contributed by atoms with Crippen LogP contribution in [0.25, 0.3) is 0 Å². The van der Waals surface area contributed by atoms with E-state index in [9.17, 15) is 0 Å². The molecule has 0 nitrogen and oxygen atoms in total. The SMILES string of the molecule is [CH2]CC=CCCSC. The Labute approximate surface area is 56.4 Å². The van der Waals surface area contributed by atoms with Crippen LogP contribution in [0.15, 0.2) is 12.2 Å². The van der Waals surface area contributed by atoms with E-state index in [0.29, 0.717) is 0 Å². The summed E-state index contributed by atoms with van der Waals surface area (Å²) in [5.74, 6) is 1.23. The van der Waals surface area contributed by atoms with Crippen molar-refractivity contribution >= 4 is 11.8 Å². The predicted octanol–water partition coefficient (Wildman–Crippen LogP) is 2.52. The van der Waals surface area contributed by atoms with Gasteiger partial charge in [-0.05, 0) is 31.8 Å². The van der Waals surface area contributed by atoms with Gasteiger partial charge in [-0.2, -0.15) is 11.8 Å². The molecule has 0 amide bonds. The monoisotopic (exact) mass is 129 g/mol. The summed E-state index contributed by atoms with van der Waals surface area (Å²) in [4.78, 5) is 0. The summed E-state index contributed by atoms with van der Waals surface area (Å²) < 4.78 is 0. The first kappa shape index (κ1) is 8.09. The molecule has 0 aliphatic rings. The van der Waals surface area contributed by atoms with Crippen LogP contribution in [0, 0.1) is 6.92 Å². The third-order valence-corrected chi connectivity index (χ3v) is 1.47. The molecule has 47 valence electrons. The summed E-state index contributed by atoms with van der Waals surface area (Å²) in [6.45, 7) is 3.69. The lowest BCUT2D eigenvalue weighted by Crippen LogP contribution is -1.70. The summed E-state index contributed by atoms with van der Waals surface area (Å²) >= 11 is 1.88. The van der Waals surface area contributed by atoms with Gasteiger partial charge in [0, 0.05) is 0 Å². The van der Waals surface area contributed by atoms with Gasteiger partial charge in [-0.1, -0.05) is 12.2 Å².